The summed E-state index contributed by atoms with van der Waals surface area (Å²) in [5, 5.41) is 0. The molecule has 1 aromatic carbocycles. The number of nitrogens with zero attached hydrogens (tertiary/aromatic N) is 1. The van der Waals surface area contributed by atoms with Crippen molar-refractivity contribution in [1.29, 1.82) is 0 Å². The molecule has 0 aromatic heterocycles. The minimum absolute atomic E-state index is 0.219. The second-order valence-electron chi connectivity index (χ2n) is 6.15. The Kier molecular flexibility index (Phi) is 6.05. The number of carbonyl (C=O) groups is 1. The van der Waals surface area contributed by atoms with E-state index in [2.05, 4.69) is 31.2 Å². The molecular formula is C17H27NO2. The van der Waals surface area contributed by atoms with Gasteiger partial charge in [-0.2, -0.15) is 0 Å². The van der Waals surface area contributed by atoms with Crippen molar-refractivity contribution >= 4 is 6.09 Å². The number of carbonyl (C=O) groups excluding carboxylic acids is 1. The summed E-state index contributed by atoms with van der Waals surface area (Å²) in [5.41, 5.74) is 2.16. The molecule has 0 spiro atoms. The molecule has 0 radical (unpaired) electrons. The molecule has 1 amide bonds. The zero-order chi connectivity index (χ0) is 15.2. The van der Waals surface area contributed by atoms with Crippen LogP contribution in [-0.4, -0.2) is 29.7 Å². The lowest BCUT2D eigenvalue weighted by Gasteiger charge is -2.26. The molecule has 0 unspecified atom stereocenters. The van der Waals surface area contributed by atoms with Gasteiger partial charge in [0.15, 0.2) is 0 Å². The summed E-state index contributed by atoms with van der Waals surface area (Å²) in [6.07, 6.45) is 1.72. The van der Waals surface area contributed by atoms with Gasteiger partial charge in [0, 0.05) is 13.1 Å². The van der Waals surface area contributed by atoms with Crippen LogP contribution in [-0.2, 0) is 11.2 Å². The van der Waals surface area contributed by atoms with E-state index in [9.17, 15) is 4.79 Å². The van der Waals surface area contributed by atoms with Crippen LogP contribution in [0.15, 0.2) is 24.3 Å². The van der Waals surface area contributed by atoms with Crippen LogP contribution in [0.3, 0.4) is 0 Å². The van der Waals surface area contributed by atoms with Crippen LogP contribution >= 0.6 is 0 Å². The molecule has 0 bridgehead atoms. The molecule has 3 nitrogen and oxygen atoms in total. The third-order valence-corrected chi connectivity index (χ3v) is 3.05. The highest BCUT2D eigenvalue weighted by Crippen LogP contribution is 2.11. The normalized spacial score (nSPS) is 11.2. The van der Waals surface area contributed by atoms with E-state index in [0.29, 0.717) is 6.54 Å². The molecule has 0 atom stereocenters. The smallest absolute Gasteiger partial charge is 0.410 e. The lowest BCUT2D eigenvalue weighted by atomic mass is 10.1. The van der Waals surface area contributed by atoms with E-state index >= 15 is 0 Å². The second kappa shape index (κ2) is 7.32. The number of ether oxygens (including phenoxy) is 1. The van der Waals surface area contributed by atoms with E-state index in [0.717, 1.165) is 19.4 Å². The fourth-order valence-electron chi connectivity index (χ4n) is 1.93. The average Bonchev–Trinajstić information content (AvgIpc) is 2.34. The van der Waals surface area contributed by atoms with Crippen LogP contribution in [0.25, 0.3) is 0 Å². The molecular weight excluding hydrogens is 250 g/mol. The zero-order valence-corrected chi connectivity index (χ0v) is 13.4. The average molecular weight is 277 g/mol. The Labute approximate surface area is 122 Å². The Bertz CT molecular complexity index is 418. The number of aryl methyl sites for hydroxylation is 2. The first-order chi connectivity index (χ1) is 9.31. The largest absolute Gasteiger partial charge is 0.444 e. The molecule has 112 valence electrons. The molecule has 1 rings (SSSR count). The van der Waals surface area contributed by atoms with Crippen LogP contribution in [0, 0.1) is 6.92 Å². The Balaban J connectivity index is 2.41. The highest BCUT2D eigenvalue weighted by Gasteiger charge is 2.20. The van der Waals surface area contributed by atoms with Gasteiger partial charge < -0.3 is 9.64 Å². The highest BCUT2D eigenvalue weighted by atomic mass is 16.6. The van der Waals surface area contributed by atoms with Crippen LogP contribution in [0.2, 0.25) is 0 Å². The Hall–Kier alpha value is -1.51. The van der Waals surface area contributed by atoms with Gasteiger partial charge in [0.2, 0.25) is 0 Å². The third-order valence-electron chi connectivity index (χ3n) is 3.05. The van der Waals surface area contributed by atoms with E-state index in [4.69, 9.17) is 4.74 Å². The molecule has 0 aliphatic rings. The van der Waals surface area contributed by atoms with Crippen molar-refractivity contribution in [1.82, 2.24) is 4.90 Å². The molecule has 0 N–H and O–H groups in total. The second-order valence-corrected chi connectivity index (χ2v) is 6.15. The maximum Gasteiger partial charge on any atom is 0.410 e. The first-order valence-corrected chi connectivity index (χ1v) is 7.35. The summed E-state index contributed by atoms with van der Waals surface area (Å²) >= 11 is 0. The van der Waals surface area contributed by atoms with Crippen molar-refractivity contribution in [3.8, 4) is 0 Å². The van der Waals surface area contributed by atoms with Crippen LogP contribution in [0.5, 0.6) is 0 Å². The van der Waals surface area contributed by atoms with Crippen molar-refractivity contribution in [2.24, 2.45) is 0 Å². The van der Waals surface area contributed by atoms with Crippen molar-refractivity contribution in [2.45, 2.75) is 53.1 Å². The Morgan fingerprint density at radius 3 is 2.30 bits per heavy atom. The molecule has 1 aromatic rings. The first-order valence-electron chi connectivity index (χ1n) is 7.35. The fourth-order valence-corrected chi connectivity index (χ4v) is 1.93. The maximum absolute atomic E-state index is 12.0. The van der Waals surface area contributed by atoms with E-state index in [1.54, 1.807) is 4.90 Å². The van der Waals surface area contributed by atoms with Crippen molar-refractivity contribution in [3.63, 3.8) is 0 Å². The van der Waals surface area contributed by atoms with E-state index in [1.807, 2.05) is 27.7 Å². The predicted molar refractivity (Wildman–Crippen MR) is 83.0 cm³/mol. The highest BCUT2D eigenvalue weighted by molar-refractivity contribution is 5.68. The number of rotatable bonds is 5. The summed E-state index contributed by atoms with van der Waals surface area (Å²) in [6.45, 7) is 11.2. The predicted octanol–water partition coefficient (Wildman–Crippen LogP) is 4.18. The molecule has 0 fully saturated rings. The van der Waals surface area contributed by atoms with Gasteiger partial charge in [0.1, 0.15) is 5.60 Å². The van der Waals surface area contributed by atoms with Gasteiger partial charge in [-0.05, 0) is 53.0 Å². The summed E-state index contributed by atoms with van der Waals surface area (Å²) in [5.74, 6) is 0. The monoisotopic (exact) mass is 277 g/mol. The van der Waals surface area contributed by atoms with Gasteiger partial charge in [-0.15, -0.1) is 0 Å². The standard InChI is InChI=1S/C17H27NO2/c1-6-18(16(19)20-17(3,4)5)13-7-8-15-11-9-14(2)10-12-15/h9-12H,6-8,13H2,1-5H3. The van der Waals surface area contributed by atoms with Crippen molar-refractivity contribution in [3.05, 3.63) is 35.4 Å². The number of benzene rings is 1. The molecule has 20 heavy (non-hydrogen) atoms. The van der Waals surface area contributed by atoms with Gasteiger partial charge in [0.25, 0.3) is 0 Å². The lowest BCUT2D eigenvalue weighted by molar-refractivity contribution is 0.0258. The molecule has 0 aliphatic heterocycles. The number of hydrogen-bond donors (Lipinski definition) is 0. The zero-order valence-electron chi connectivity index (χ0n) is 13.4. The summed E-state index contributed by atoms with van der Waals surface area (Å²) in [7, 11) is 0. The molecule has 3 heteroatoms. The van der Waals surface area contributed by atoms with Crippen LogP contribution in [0.1, 0.15) is 45.2 Å². The molecule has 0 saturated heterocycles. The van der Waals surface area contributed by atoms with E-state index in [-0.39, 0.29) is 6.09 Å². The molecule has 0 aliphatic carbocycles. The van der Waals surface area contributed by atoms with Gasteiger partial charge in [-0.25, -0.2) is 4.79 Å². The Morgan fingerprint density at radius 1 is 1.20 bits per heavy atom. The molecule has 0 heterocycles. The topological polar surface area (TPSA) is 29.5 Å². The molecule has 0 saturated carbocycles. The van der Waals surface area contributed by atoms with Crippen LogP contribution in [0.4, 0.5) is 4.79 Å². The first kappa shape index (κ1) is 16.5. The van der Waals surface area contributed by atoms with Crippen LogP contribution < -0.4 is 0 Å². The number of amides is 1. The summed E-state index contributed by atoms with van der Waals surface area (Å²) < 4.78 is 5.40. The maximum atomic E-state index is 12.0. The van der Waals surface area contributed by atoms with Gasteiger partial charge in [-0.3, -0.25) is 0 Å². The minimum atomic E-state index is -0.429. The van der Waals surface area contributed by atoms with Crippen molar-refractivity contribution < 1.29 is 9.53 Å². The quantitative estimate of drug-likeness (QED) is 0.808. The van der Waals surface area contributed by atoms with Crippen molar-refractivity contribution in [2.75, 3.05) is 13.1 Å². The Morgan fingerprint density at radius 2 is 1.80 bits per heavy atom. The van der Waals surface area contributed by atoms with Gasteiger partial charge in [-0.1, -0.05) is 29.8 Å². The van der Waals surface area contributed by atoms with E-state index in [1.165, 1.54) is 11.1 Å². The lowest BCUT2D eigenvalue weighted by Crippen LogP contribution is -2.37. The number of hydrogen-bond acceptors (Lipinski definition) is 2. The summed E-state index contributed by atoms with van der Waals surface area (Å²) in [4.78, 5) is 13.7. The SMILES string of the molecule is CCN(CCCc1ccc(C)cc1)C(=O)OC(C)(C)C. The third kappa shape index (κ3) is 6.09. The fraction of sp³-hybridized carbons (Fsp3) is 0.588. The van der Waals surface area contributed by atoms with Gasteiger partial charge in [0.05, 0.1) is 0 Å². The summed E-state index contributed by atoms with van der Waals surface area (Å²) in [6, 6.07) is 8.56. The minimum Gasteiger partial charge on any atom is -0.444 e. The van der Waals surface area contributed by atoms with E-state index < -0.39 is 5.60 Å². The van der Waals surface area contributed by atoms with Gasteiger partial charge >= 0.3 is 6.09 Å².